The molecule has 0 bridgehead atoms. The maximum Gasteiger partial charge on any atom is 0.265 e. The Morgan fingerprint density at radius 3 is 2.77 bits per heavy atom. The number of rotatable bonds is 5. The number of aromatic amines is 1. The Morgan fingerprint density at radius 1 is 1.32 bits per heavy atom. The van der Waals surface area contributed by atoms with E-state index in [1.165, 1.54) is 16.9 Å². The first-order valence-electron chi connectivity index (χ1n) is 7.10. The van der Waals surface area contributed by atoms with Gasteiger partial charge in [-0.2, -0.15) is 5.10 Å². The second-order valence-electron chi connectivity index (χ2n) is 5.47. The average Bonchev–Trinajstić information content (AvgIpc) is 3.07. The van der Waals surface area contributed by atoms with Gasteiger partial charge in [0.05, 0.1) is 11.1 Å². The molecule has 0 radical (unpaired) electrons. The molecule has 0 saturated carbocycles. The predicted molar refractivity (Wildman–Crippen MR) is 90.6 cm³/mol. The molecule has 1 aromatic carbocycles. The van der Waals surface area contributed by atoms with Gasteiger partial charge >= 0.3 is 0 Å². The fourth-order valence-electron chi connectivity index (χ4n) is 2.16. The Kier molecular flexibility index (Phi) is 4.22. The van der Waals surface area contributed by atoms with Crippen LogP contribution in [0.2, 0.25) is 0 Å². The minimum Gasteiger partial charge on any atom is -0.321 e. The molecule has 0 aliphatic rings. The van der Waals surface area contributed by atoms with Gasteiger partial charge in [0, 0.05) is 17.6 Å². The van der Waals surface area contributed by atoms with E-state index in [1.807, 2.05) is 18.2 Å². The fraction of sp³-hybridized carbons (Fsp3) is 0.250. The standard InChI is InChI=1S/C16H18N4OS/c1-20(2)8-7-11-3-5-13(6-4-11)18-15(21)14-9-12-10-17-19-16(12)22-14/h3-6,9-10H,7-8H2,1-2H3,(H,17,19)(H,18,21). The summed E-state index contributed by atoms with van der Waals surface area (Å²) in [6, 6.07) is 9.86. The molecular weight excluding hydrogens is 296 g/mol. The van der Waals surface area contributed by atoms with Crippen LogP contribution < -0.4 is 5.32 Å². The first kappa shape index (κ1) is 14.7. The lowest BCUT2D eigenvalue weighted by molar-refractivity contribution is 0.103. The minimum atomic E-state index is -0.0874. The second kappa shape index (κ2) is 6.29. The zero-order valence-corrected chi connectivity index (χ0v) is 13.4. The molecule has 1 amide bonds. The molecule has 2 N–H and O–H groups in total. The van der Waals surface area contributed by atoms with Crippen LogP contribution in [-0.2, 0) is 6.42 Å². The van der Waals surface area contributed by atoms with Crippen molar-refractivity contribution in [2.75, 3.05) is 26.0 Å². The molecular formula is C16H18N4OS. The Balaban J connectivity index is 1.64. The highest BCUT2D eigenvalue weighted by molar-refractivity contribution is 7.20. The molecule has 0 atom stereocenters. The number of nitrogens with zero attached hydrogens (tertiary/aromatic N) is 2. The molecule has 3 rings (SSSR count). The second-order valence-corrected chi connectivity index (χ2v) is 6.52. The van der Waals surface area contributed by atoms with E-state index in [1.54, 1.807) is 6.20 Å². The molecule has 6 heteroatoms. The zero-order valence-electron chi connectivity index (χ0n) is 12.6. The lowest BCUT2D eigenvalue weighted by Gasteiger charge is -2.10. The summed E-state index contributed by atoms with van der Waals surface area (Å²) in [4.78, 5) is 16.0. The van der Waals surface area contributed by atoms with E-state index in [0.717, 1.165) is 28.9 Å². The van der Waals surface area contributed by atoms with Gasteiger partial charge in [-0.25, -0.2) is 0 Å². The minimum absolute atomic E-state index is 0.0874. The first-order chi connectivity index (χ1) is 10.6. The number of nitrogens with one attached hydrogen (secondary N) is 2. The maximum absolute atomic E-state index is 12.2. The molecule has 2 heterocycles. The number of thiophene rings is 1. The molecule has 0 spiro atoms. The summed E-state index contributed by atoms with van der Waals surface area (Å²) in [7, 11) is 4.12. The first-order valence-corrected chi connectivity index (χ1v) is 7.91. The molecule has 0 unspecified atom stereocenters. The lowest BCUT2D eigenvalue weighted by Crippen LogP contribution is -2.15. The van der Waals surface area contributed by atoms with Crippen LogP contribution in [0.3, 0.4) is 0 Å². The van der Waals surface area contributed by atoms with Crippen molar-refractivity contribution in [2.24, 2.45) is 0 Å². The van der Waals surface area contributed by atoms with Crippen LogP contribution in [0.5, 0.6) is 0 Å². The van der Waals surface area contributed by atoms with Crippen molar-refractivity contribution in [1.29, 1.82) is 0 Å². The predicted octanol–water partition coefficient (Wildman–Crippen LogP) is 2.98. The average molecular weight is 314 g/mol. The highest BCUT2D eigenvalue weighted by atomic mass is 32.1. The summed E-state index contributed by atoms with van der Waals surface area (Å²) in [5.41, 5.74) is 2.08. The summed E-state index contributed by atoms with van der Waals surface area (Å²) >= 11 is 1.41. The molecule has 0 fully saturated rings. The fourth-order valence-corrected chi connectivity index (χ4v) is 3.04. The van der Waals surface area contributed by atoms with Gasteiger partial charge in [0.1, 0.15) is 4.83 Å². The Bertz CT molecular complexity index is 744. The number of carbonyl (C=O) groups is 1. The third-order valence-corrected chi connectivity index (χ3v) is 4.47. The number of anilines is 1. The van der Waals surface area contributed by atoms with Gasteiger partial charge in [0.2, 0.25) is 0 Å². The van der Waals surface area contributed by atoms with Crippen LogP contribution in [0.4, 0.5) is 5.69 Å². The third kappa shape index (κ3) is 3.35. The molecule has 22 heavy (non-hydrogen) atoms. The normalized spacial score (nSPS) is 11.2. The van der Waals surface area contributed by atoms with Gasteiger partial charge in [-0.15, -0.1) is 11.3 Å². The van der Waals surface area contributed by atoms with Crippen molar-refractivity contribution in [2.45, 2.75) is 6.42 Å². The van der Waals surface area contributed by atoms with Crippen molar-refractivity contribution in [3.8, 4) is 0 Å². The Labute approximate surface area is 133 Å². The highest BCUT2D eigenvalue weighted by Gasteiger charge is 2.11. The van der Waals surface area contributed by atoms with E-state index in [0.29, 0.717) is 4.88 Å². The molecule has 5 nitrogen and oxygen atoms in total. The summed E-state index contributed by atoms with van der Waals surface area (Å²) in [5, 5.41) is 10.7. The van der Waals surface area contributed by atoms with E-state index in [9.17, 15) is 4.79 Å². The van der Waals surface area contributed by atoms with Gasteiger partial charge in [-0.3, -0.25) is 9.89 Å². The topological polar surface area (TPSA) is 61.0 Å². The van der Waals surface area contributed by atoms with E-state index < -0.39 is 0 Å². The Morgan fingerprint density at radius 2 is 2.09 bits per heavy atom. The number of hydrogen-bond donors (Lipinski definition) is 2. The largest absolute Gasteiger partial charge is 0.321 e. The molecule has 114 valence electrons. The van der Waals surface area contributed by atoms with Crippen LogP contribution in [0.1, 0.15) is 15.2 Å². The Hall–Kier alpha value is -2.18. The van der Waals surface area contributed by atoms with E-state index in [4.69, 9.17) is 0 Å². The third-order valence-electron chi connectivity index (χ3n) is 3.41. The van der Waals surface area contributed by atoms with Crippen LogP contribution in [0.25, 0.3) is 10.2 Å². The van der Waals surface area contributed by atoms with E-state index >= 15 is 0 Å². The van der Waals surface area contributed by atoms with E-state index in [-0.39, 0.29) is 5.91 Å². The summed E-state index contributed by atoms with van der Waals surface area (Å²) in [5.74, 6) is -0.0874. The van der Waals surface area contributed by atoms with Crippen molar-refractivity contribution in [3.63, 3.8) is 0 Å². The number of hydrogen-bond acceptors (Lipinski definition) is 4. The van der Waals surface area contributed by atoms with Crippen molar-refractivity contribution >= 4 is 33.1 Å². The zero-order chi connectivity index (χ0) is 15.5. The number of fused-ring (bicyclic) bond motifs is 1. The molecule has 0 saturated heterocycles. The number of H-pyrrole nitrogens is 1. The summed E-state index contributed by atoms with van der Waals surface area (Å²) < 4.78 is 0. The number of amides is 1. The molecule has 2 aromatic heterocycles. The number of benzene rings is 1. The van der Waals surface area contributed by atoms with E-state index in [2.05, 4.69) is 46.6 Å². The van der Waals surface area contributed by atoms with Crippen LogP contribution in [0, 0.1) is 0 Å². The monoisotopic (exact) mass is 314 g/mol. The molecule has 0 aliphatic carbocycles. The quantitative estimate of drug-likeness (QED) is 0.761. The number of likely N-dealkylation sites (N-methyl/N-ethyl adjacent to an activating group) is 1. The van der Waals surface area contributed by atoms with Crippen LogP contribution in [-0.4, -0.2) is 41.6 Å². The van der Waals surface area contributed by atoms with Gasteiger partial charge in [-0.05, 0) is 44.3 Å². The maximum atomic E-state index is 12.2. The van der Waals surface area contributed by atoms with Gasteiger partial charge in [-0.1, -0.05) is 12.1 Å². The van der Waals surface area contributed by atoms with Crippen molar-refractivity contribution in [1.82, 2.24) is 15.1 Å². The molecule has 0 aliphatic heterocycles. The van der Waals surface area contributed by atoms with Crippen molar-refractivity contribution in [3.05, 3.63) is 47.0 Å². The van der Waals surface area contributed by atoms with Gasteiger partial charge in [0.25, 0.3) is 5.91 Å². The smallest absolute Gasteiger partial charge is 0.265 e. The van der Waals surface area contributed by atoms with Crippen LogP contribution >= 0.6 is 11.3 Å². The summed E-state index contributed by atoms with van der Waals surface area (Å²) in [6.07, 6.45) is 2.73. The van der Waals surface area contributed by atoms with Crippen LogP contribution in [0.15, 0.2) is 36.5 Å². The summed E-state index contributed by atoms with van der Waals surface area (Å²) in [6.45, 7) is 1.01. The highest BCUT2D eigenvalue weighted by Crippen LogP contribution is 2.24. The SMILES string of the molecule is CN(C)CCc1ccc(NC(=O)c2cc3cn[nH]c3s2)cc1. The number of carbonyl (C=O) groups excluding carboxylic acids is 1. The lowest BCUT2D eigenvalue weighted by atomic mass is 10.1. The van der Waals surface area contributed by atoms with Gasteiger partial charge < -0.3 is 10.2 Å². The van der Waals surface area contributed by atoms with Gasteiger partial charge in [0.15, 0.2) is 0 Å². The van der Waals surface area contributed by atoms with Crippen molar-refractivity contribution < 1.29 is 4.79 Å². The molecule has 3 aromatic rings. The number of aromatic nitrogens is 2.